The van der Waals surface area contributed by atoms with E-state index in [9.17, 15) is 0 Å². The molecule has 0 radical (unpaired) electrons. The number of rotatable bonds is 2. The molecule has 1 aliphatic rings. The SMILES string of the molecule is Cc1ccccc1C1=NN=N[NH+]1c1ccccc1C.[Cl-]. The molecule has 0 bridgehead atoms. The Morgan fingerprint density at radius 2 is 1.50 bits per heavy atom. The van der Waals surface area contributed by atoms with Crippen molar-refractivity contribution in [2.75, 3.05) is 0 Å². The molecule has 0 fully saturated rings. The van der Waals surface area contributed by atoms with Crippen molar-refractivity contribution in [1.29, 1.82) is 0 Å². The Balaban J connectivity index is 0.00000147. The lowest BCUT2D eigenvalue weighted by Crippen LogP contribution is -3.04. The lowest BCUT2D eigenvalue weighted by molar-refractivity contribution is -0.739. The second-order valence-corrected chi connectivity index (χ2v) is 4.62. The van der Waals surface area contributed by atoms with E-state index in [1.54, 1.807) is 0 Å². The minimum Gasteiger partial charge on any atom is -1.00 e. The summed E-state index contributed by atoms with van der Waals surface area (Å²) in [6.07, 6.45) is 0. The van der Waals surface area contributed by atoms with Gasteiger partial charge in [-0.2, -0.15) is 0 Å². The third kappa shape index (κ3) is 2.48. The standard InChI is InChI=1S/C15H14N4.ClH/c1-11-7-3-5-9-13(11)15-16-17-18-19(15)14-10-6-4-8-12(14)2;/h3-10H,1-2H3;1H. The molecule has 0 aliphatic carbocycles. The van der Waals surface area contributed by atoms with E-state index in [0.717, 1.165) is 22.1 Å². The highest BCUT2D eigenvalue weighted by atomic mass is 35.5. The number of halogens is 1. The molecule has 0 saturated carbocycles. The average molecular weight is 287 g/mol. The van der Waals surface area contributed by atoms with Crippen LogP contribution < -0.4 is 17.4 Å². The summed E-state index contributed by atoms with van der Waals surface area (Å²) in [5.41, 5.74) is 4.54. The van der Waals surface area contributed by atoms with Crippen LogP contribution in [0.4, 0.5) is 5.69 Å². The number of benzene rings is 2. The number of hydrogen-bond donors (Lipinski definition) is 1. The van der Waals surface area contributed by atoms with Gasteiger partial charge in [0, 0.05) is 16.9 Å². The zero-order chi connectivity index (χ0) is 13.2. The molecule has 4 nitrogen and oxygen atoms in total. The molecule has 1 N–H and O–H groups in total. The Kier molecular flexibility index (Phi) is 4.27. The van der Waals surface area contributed by atoms with E-state index in [1.165, 1.54) is 11.1 Å². The Bertz CT molecular complexity index is 679. The molecule has 1 unspecified atom stereocenters. The van der Waals surface area contributed by atoms with Crippen molar-refractivity contribution in [1.82, 2.24) is 0 Å². The number of para-hydroxylation sites is 1. The summed E-state index contributed by atoms with van der Waals surface area (Å²) in [6, 6.07) is 16.3. The maximum Gasteiger partial charge on any atom is 0.287 e. The lowest BCUT2D eigenvalue weighted by Gasteiger charge is -2.11. The van der Waals surface area contributed by atoms with Crippen LogP contribution in [0.5, 0.6) is 0 Å². The number of aryl methyl sites for hydroxylation is 2. The lowest BCUT2D eigenvalue weighted by atomic mass is 10.1. The second kappa shape index (κ2) is 5.94. The van der Waals surface area contributed by atoms with Crippen molar-refractivity contribution >= 4 is 11.5 Å². The van der Waals surface area contributed by atoms with Crippen molar-refractivity contribution in [3.8, 4) is 0 Å². The quantitative estimate of drug-likeness (QED) is 0.778. The van der Waals surface area contributed by atoms with Crippen molar-refractivity contribution in [3.05, 3.63) is 65.2 Å². The average Bonchev–Trinajstić information content (AvgIpc) is 2.89. The van der Waals surface area contributed by atoms with Crippen LogP contribution in [0.25, 0.3) is 0 Å². The molecule has 2 aromatic carbocycles. The fourth-order valence-electron chi connectivity index (χ4n) is 2.25. The van der Waals surface area contributed by atoms with E-state index >= 15 is 0 Å². The van der Waals surface area contributed by atoms with Crippen molar-refractivity contribution in [2.24, 2.45) is 15.5 Å². The van der Waals surface area contributed by atoms with Crippen LogP contribution in [-0.2, 0) is 0 Å². The highest BCUT2D eigenvalue weighted by Gasteiger charge is 2.29. The van der Waals surface area contributed by atoms with E-state index in [0.29, 0.717) is 0 Å². The van der Waals surface area contributed by atoms with E-state index < -0.39 is 0 Å². The fraction of sp³-hybridized carbons (Fsp3) is 0.133. The van der Waals surface area contributed by atoms with Crippen molar-refractivity contribution < 1.29 is 17.4 Å². The van der Waals surface area contributed by atoms with E-state index in [2.05, 4.69) is 53.7 Å². The monoisotopic (exact) mass is 286 g/mol. The molecule has 5 heteroatoms. The van der Waals surface area contributed by atoms with Crippen molar-refractivity contribution in [2.45, 2.75) is 13.8 Å². The highest BCUT2D eigenvalue weighted by Crippen LogP contribution is 2.13. The molecule has 20 heavy (non-hydrogen) atoms. The van der Waals surface area contributed by atoms with E-state index in [4.69, 9.17) is 0 Å². The molecule has 1 aliphatic heterocycles. The maximum atomic E-state index is 4.20. The molecule has 1 heterocycles. The van der Waals surface area contributed by atoms with Crippen LogP contribution in [0.15, 0.2) is 64.1 Å². The Morgan fingerprint density at radius 1 is 0.850 bits per heavy atom. The van der Waals surface area contributed by atoms with Gasteiger partial charge in [0.05, 0.1) is 10.8 Å². The Labute approximate surface area is 124 Å². The van der Waals surface area contributed by atoms with Gasteiger partial charge in [-0.25, -0.2) is 0 Å². The van der Waals surface area contributed by atoms with E-state index in [-0.39, 0.29) is 12.4 Å². The summed E-state index contributed by atoms with van der Waals surface area (Å²) in [6.45, 7) is 4.15. The third-order valence-electron chi connectivity index (χ3n) is 3.31. The van der Waals surface area contributed by atoms with Crippen LogP contribution in [-0.4, -0.2) is 5.84 Å². The van der Waals surface area contributed by atoms with Crippen molar-refractivity contribution in [3.63, 3.8) is 0 Å². The first-order chi connectivity index (χ1) is 9.27. The summed E-state index contributed by atoms with van der Waals surface area (Å²) >= 11 is 0. The van der Waals surface area contributed by atoms with Crippen LogP contribution >= 0.6 is 0 Å². The minimum atomic E-state index is 0. The van der Waals surface area contributed by atoms with E-state index in [1.807, 2.05) is 24.3 Å². The largest absolute Gasteiger partial charge is 1.00 e. The molecule has 102 valence electrons. The van der Waals surface area contributed by atoms with Gasteiger partial charge in [-0.3, -0.25) is 0 Å². The first-order valence-electron chi connectivity index (χ1n) is 6.25. The first kappa shape index (κ1) is 14.4. The predicted molar refractivity (Wildman–Crippen MR) is 74.4 cm³/mol. The molecule has 2 aromatic rings. The van der Waals surface area contributed by atoms with Gasteiger partial charge in [0.15, 0.2) is 5.69 Å². The molecule has 0 aromatic heterocycles. The van der Waals surface area contributed by atoms with Gasteiger partial charge >= 0.3 is 0 Å². The minimum absolute atomic E-state index is 0. The number of amidine groups is 1. The van der Waals surface area contributed by atoms with Crippen LogP contribution in [0.2, 0.25) is 0 Å². The number of quaternary nitrogens is 1. The number of nitrogens with zero attached hydrogens (tertiary/aromatic N) is 3. The Morgan fingerprint density at radius 3 is 2.20 bits per heavy atom. The van der Waals surface area contributed by atoms with Crippen LogP contribution in [0, 0.1) is 13.8 Å². The zero-order valence-electron chi connectivity index (χ0n) is 11.3. The molecule has 3 rings (SSSR count). The van der Waals surface area contributed by atoms with Gasteiger partial charge in [0.1, 0.15) is 0 Å². The molecule has 1 atom stereocenters. The number of hydrogen-bond acceptors (Lipinski definition) is 3. The van der Waals surface area contributed by atoms with Gasteiger partial charge in [0.25, 0.3) is 5.84 Å². The molecule has 0 spiro atoms. The predicted octanol–water partition coefficient (Wildman–Crippen LogP) is -0.434. The maximum absolute atomic E-state index is 4.20. The van der Waals surface area contributed by atoms with Gasteiger partial charge in [0.2, 0.25) is 0 Å². The second-order valence-electron chi connectivity index (χ2n) is 4.62. The molecular formula is C15H15ClN4. The zero-order valence-corrected chi connectivity index (χ0v) is 12.1. The third-order valence-corrected chi connectivity index (χ3v) is 3.31. The molecule has 0 amide bonds. The van der Waals surface area contributed by atoms with Crippen LogP contribution in [0.3, 0.4) is 0 Å². The van der Waals surface area contributed by atoms with Gasteiger partial charge < -0.3 is 12.4 Å². The number of nitrogens with one attached hydrogen (secondary N) is 1. The summed E-state index contributed by atoms with van der Waals surface area (Å²) in [4.78, 5) is 0. The summed E-state index contributed by atoms with van der Waals surface area (Å²) < 4.78 is 0. The van der Waals surface area contributed by atoms with Crippen LogP contribution in [0.1, 0.15) is 16.7 Å². The topological polar surface area (TPSA) is 41.5 Å². The fourth-order valence-corrected chi connectivity index (χ4v) is 2.25. The van der Waals surface area contributed by atoms with Gasteiger partial charge in [-0.05, 0) is 25.5 Å². The van der Waals surface area contributed by atoms with Gasteiger partial charge in [-0.15, -0.1) is 5.01 Å². The molecule has 0 saturated heterocycles. The van der Waals surface area contributed by atoms with Gasteiger partial charge in [-0.1, -0.05) is 41.5 Å². The summed E-state index contributed by atoms with van der Waals surface area (Å²) in [5, 5.41) is 13.1. The first-order valence-corrected chi connectivity index (χ1v) is 6.25. The Hall–Kier alpha value is -2.04. The summed E-state index contributed by atoms with van der Waals surface area (Å²) in [7, 11) is 0. The summed E-state index contributed by atoms with van der Waals surface area (Å²) in [5.74, 6) is 0.854. The molecular weight excluding hydrogens is 272 g/mol. The highest BCUT2D eigenvalue weighted by molar-refractivity contribution is 5.94. The normalized spacial score (nSPS) is 16.7. The smallest absolute Gasteiger partial charge is 0.287 e.